The summed E-state index contributed by atoms with van der Waals surface area (Å²) in [6.45, 7) is 2.32. The zero-order valence-corrected chi connectivity index (χ0v) is 16.5. The highest BCUT2D eigenvalue weighted by molar-refractivity contribution is 5.85. The van der Waals surface area contributed by atoms with Crippen LogP contribution in [0.4, 0.5) is 26.3 Å². The maximum absolute atomic E-state index is 12.7. The lowest BCUT2D eigenvalue weighted by atomic mass is 9.98. The van der Waals surface area contributed by atoms with E-state index in [1.807, 2.05) is 4.90 Å². The van der Waals surface area contributed by atoms with Gasteiger partial charge in [-0.05, 0) is 12.5 Å². The summed E-state index contributed by atoms with van der Waals surface area (Å²) in [5.74, 6) is -0.412. The lowest BCUT2D eigenvalue weighted by Gasteiger charge is -2.36. The largest absolute Gasteiger partial charge is 0.573 e. The average molecular weight is 459 g/mol. The lowest BCUT2D eigenvalue weighted by molar-refractivity contribution is -0.274. The molecule has 1 aliphatic heterocycles. The number of benzene rings is 1. The molecule has 1 aliphatic rings. The van der Waals surface area contributed by atoms with E-state index in [2.05, 4.69) is 10.1 Å². The summed E-state index contributed by atoms with van der Waals surface area (Å²) in [4.78, 5) is 1.88. The molecular formula is C16H22Cl2F6N2O2. The predicted octanol–water partition coefficient (Wildman–Crippen LogP) is 4.73. The van der Waals surface area contributed by atoms with Crippen molar-refractivity contribution >= 4 is 24.8 Å². The third kappa shape index (κ3) is 8.50. The highest BCUT2D eigenvalue weighted by atomic mass is 35.5. The fourth-order valence-corrected chi connectivity index (χ4v) is 2.99. The highest BCUT2D eigenvalue weighted by Gasteiger charge is 2.34. The molecular weight excluding hydrogens is 437 g/mol. The number of alkyl halides is 6. The van der Waals surface area contributed by atoms with E-state index in [1.165, 1.54) is 13.2 Å². The van der Waals surface area contributed by atoms with Crippen LogP contribution >= 0.6 is 24.8 Å². The minimum atomic E-state index is -4.86. The van der Waals surface area contributed by atoms with Gasteiger partial charge in [0.25, 0.3) is 0 Å². The van der Waals surface area contributed by atoms with E-state index >= 15 is 0 Å². The molecule has 0 saturated carbocycles. The number of piperazine rings is 1. The molecule has 2 rings (SSSR count). The van der Waals surface area contributed by atoms with Gasteiger partial charge in [-0.1, -0.05) is 6.07 Å². The van der Waals surface area contributed by atoms with E-state index < -0.39 is 30.8 Å². The molecule has 0 spiro atoms. The second-order valence-electron chi connectivity index (χ2n) is 5.91. The van der Waals surface area contributed by atoms with Gasteiger partial charge in [0.05, 0.1) is 7.11 Å². The molecule has 1 atom stereocenters. The number of nitrogens with zero attached hydrogens (tertiary/aromatic N) is 1. The summed E-state index contributed by atoms with van der Waals surface area (Å²) in [6, 6.07) is 2.86. The lowest BCUT2D eigenvalue weighted by Crippen LogP contribution is -2.45. The van der Waals surface area contributed by atoms with Crippen LogP contribution in [0.2, 0.25) is 0 Å². The van der Waals surface area contributed by atoms with Gasteiger partial charge in [-0.25, -0.2) is 0 Å². The number of halogens is 8. The summed E-state index contributed by atoms with van der Waals surface area (Å²) >= 11 is 0. The van der Waals surface area contributed by atoms with Crippen LogP contribution in [0.25, 0.3) is 0 Å². The van der Waals surface area contributed by atoms with Gasteiger partial charge in [0.2, 0.25) is 0 Å². The Morgan fingerprint density at radius 1 is 1.07 bits per heavy atom. The van der Waals surface area contributed by atoms with Crippen LogP contribution in [-0.2, 0) is 0 Å². The van der Waals surface area contributed by atoms with Crippen LogP contribution in [0.5, 0.6) is 11.5 Å². The monoisotopic (exact) mass is 458 g/mol. The average Bonchev–Trinajstić information content (AvgIpc) is 2.54. The van der Waals surface area contributed by atoms with Gasteiger partial charge < -0.3 is 14.8 Å². The summed E-state index contributed by atoms with van der Waals surface area (Å²) in [5, 5.41) is 3.12. The minimum absolute atomic E-state index is 0. The minimum Gasteiger partial charge on any atom is -0.496 e. The van der Waals surface area contributed by atoms with Gasteiger partial charge in [-0.15, -0.1) is 38.0 Å². The molecule has 0 radical (unpaired) electrons. The number of rotatable bonds is 6. The molecule has 1 aromatic rings. The molecule has 1 fully saturated rings. The SMILES string of the molecule is COc1cc(OC(F)(F)F)ccc1[C@@H](CCC(F)(F)F)N1CCNCC1.Cl.Cl. The number of methoxy groups -OCH3 is 1. The van der Waals surface area contributed by atoms with Crippen LogP contribution in [0.1, 0.15) is 24.4 Å². The van der Waals surface area contributed by atoms with E-state index in [0.717, 1.165) is 12.1 Å². The first-order chi connectivity index (χ1) is 12.1. The Labute approximate surface area is 171 Å². The van der Waals surface area contributed by atoms with E-state index in [9.17, 15) is 26.3 Å². The van der Waals surface area contributed by atoms with E-state index in [4.69, 9.17) is 4.74 Å². The van der Waals surface area contributed by atoms with Crippen molar-refractivity contribution in [2.24, 2.45) is 0 Å². The molecule has 0 aromatic heterocycles. The maximum Gasteiger partial charge on any atom is 0.573 e. The van der Waals surface area contributed by atoms with Crippen LogP contribution in [0, 0.1) is 0 Å². The molecule has 1 N–H and O–H groups in total. The Morgan fingerprint density at radius 3 is 2.18 bits per heavy atom. The second-order valence-corrected chi connectivity index (χ2v) is 5.91. The first-order valence-corrected chi connectivity index (χ1v) is 8.04. The third-order valence-electron chi connectivity index (χ3n) is 4.09. The molecule has 12 heteroatoms. The molecule has 1 aromatic carbocycles. The number of ether oxygens (including phenoxy) is 2. The first kappa shape index (κ1) is 26.9. The fraction of sp³-hybridized carbons (Fsp3) is 0.625. The van der Waals surface area contributed by atoms with E-state index in [1.54, 1.807) is 0 Å². The molecule has 28 heavy (non-hydrogen) atoms. The van der Waals surface area contributed by atoms with Gasteiger partial charge in [0.1, 0.15) is 11.5 Å². The summed E-state index contributed by atoms with van der Waals surface area (Å²) in [6.07, 6.45) is -10.4. The van der Waals surface area contributed by atoms with Gasteiger partial charge >= 0.3 is 12.5 Å². The van der Waals surface area contributed by atoms with Crippen molar-refractivity contribution in [3.63, 3.8) is 0 Å². The number of nitrogens with one attached hydrogen (secondary N) is 1. The van der Waals surface area contributed by atoms with Gasteiger partial charge in [-0.3, -0.25) is 4.90 Å². The van der Waals surface area contributed by atoms with Crippen molar-refractivity contribution in [2.75, 3.05) is 33.3 Å². The molecule has 0 aliphatic carbocycles. The molecule has 1 saturated heterocycles. The van der Waals surface area contributed by atoms with Crippen molar-refractivity contribution in [3.05, 3.63) is 23.8 Å². The van der Waals surface area contributed by atoms with Crippen LogP contribution in [0.15, 0.2) is 18.2 Å². The summed E-state index contributed by atoms with van der Waals surface area (Å²) in [5.41, 5.74) is 0.410. The van der Waals surface area contributed by atoms with Gasteiger partial charge in [-0.2, -0.15) is 13.2 Å². The van der Waals surface area contributed by atoms with Crippen LogP contribution in [-0.4, -0.2) is 50.7 Å². The van der Waals surface area contributed by atoms with Crippen molar-refractivity contribution < 1.29 is 35.8 Å². The normalized spacial score (nSPS) is 16.5. The number of hydrogen-bond acceptors (Lipinski definition) is 4. The summed E-state index contributed by atoms with van der Waals surface area (Å²) in [7, 11) is 1.26. The zero-order valence-electron chi connectivity index (χ0n) is 14.9. The first-order valence-electron chi connectivity index (χ1n) is 8.04. The van der Waals surface area contributed by atoms with Crippen molar-refractivity contribution in [1.82, 2.24) is 10.2 Å². The Bertz CT molecular complexity index is 595. The molecule has 0 amide bonds. The van der Waals surface area contributed by atoms with Crippen molar-refractivity contribution in [1.29, 1.82) is 0 Å². The Morgan fingerprint density at radius 2 is 1.68 bits per heavy atom. The topological polar surface area (TPSA) is 33.7 Å². The second kappa shape index (κ2) is 11.2. The smallest absolute Gasteiger partial charge is 0.496 e. The molecule has 164 valence electrons. The Balaban J connectivity index is 0.00000364. The standard InChI is InChI=1S/C16H20F6N2O2.2ClH/c1-25-14-10-11(26-16(20,21)22)2-3-12(14)13(4-5-15(17,18)19)24-8-6-23-7-9-24;;/h2-3,10,13,23H,4-9H2,1H3;2*1H/t13-;;/m1../s1. The molecule has 0 unspecified atom stereocenters. The summed E-state index contributed by atoms with van der Waals surface area (Å²) < 4.78 is 84.3. The van der Waals surface area contributed by atoms with Gasteiger partial charge in [0.15, 0.2) is 0 Å². The Hall–Kier alpha value is -1.10. The van der Waals surface area contributed by atoms with E-state index in [-0.39, 0.29) is 37.0 Å². The highest BCUT2D eigenvalue weighted by Crippen LogP contribution is 2.38. The van der Waals surface area contributed by atoms with E-state index in [0.29, 0.717) is 31.7 Å². The van der Waals surface area contributed by atoms with Crippen LogP contribution < -0.4 is 14.8 Å². The fourth-order valence-electron chi connectivity index (χ4n) is 2.99. The predicted molar refractivity (Wildman–Crippen MR) is 96.6 cm³/mol. The van der Waals surface area contributed by atoms with Crippen molar-refractivity contribution in [3.8, 4) is 11.5 Å². The zero-order chi connectivity index (χ0) is 19.4. The Kier molecular flexibility index (Phi) is 10.7. The molecule has 4 nitrogen and oxygen atoms in total. The number of hydrogen-bond donors (Lipinski definition) is 1. The maximum atomic E-state index is 12.7. The van der Waals surface area contributed by atoms with Crippen LogP contribution in [0.3, 0.4) is 0 Å². The van der Waals surface area contributed by atoms with Crippen molar-refractivity contribution in [2.45, 2.75) is 31.4 Å². The molecule has 1 heterocycles. The third-order valence-corrected chi connectivity index (χ3v) is 4.09. The molecule has 0 bridgehead atoms. The quantitative estimate of drug-likeness (QED) is 0.625. The van der Waals surface area contributed by atoms with Gasteiger partial charge in [0, 0.05) is 50.3 Å².